The molecule has 1 saturated heterocycles. The fraction of sp³-hybridized carbons (Fsp3) is 0.278. The summed E-state index contributed by atoms with van der Waals surface area (Å²) in [6.45, 7) is 0.739. The highest BCUT2D eigenvalue weighted by atomic mass is 35.5. The fourth-order valence-corrected chi connectivity index (χ4v) is 2.95. The van der Waals surface area contributed by atoms with Crippen molar-refractivity contribution in [2.45, 2.75) is 25.5 Å². The van der Waals surface area contributed by atoms with Crippen LogP contribution in [-0.2, 0) is 16.1 Å². The smallest absolute Gasteiger partial charge is 0.329 e. The lowest BCUT2D eigenvalue weighted by Crippen LogP contribution is -2.41. The number of likely N-dealkylation sites (tertiary alicyclic amines) is 1. The summed E-state index contributed by atoms with van der Waals surface area (Å²) in [5.74, 6) is -0.594. The van der Waals surface area contributed by atoms with E-state index in [4.69, 9.17) is 16.3 Å². The number of hydrogen-bond donors (Lipinski definition) is 0. The van der Waals surface area contributed by atoms with E-state index in [1.54, 1.807) is 11.0 Å². The van der Waals surface area contributed by atoms with Crippen molar-refractivity contribution < 1.29 is 14.3 Å². The number of esters is 1. The van der Waals surface area contributed by atoms with Gasteiger partial charge in [-0.25, -0.2) is 9.78 Å². The van der Waals surface area contributed by atoms with E-state index in [1.807, 2.05) is 30.3 Å². The van der Waals surface area contributed by atoms with Crippen molar-refractivity contribution in [1.29, 1.82) is 0 Å². The molecule has 1 aliphatic heterocycles. The lowest BCUT2D eigenvalue weighted by molar-refractivity contribution is -0.149. The summed E-state index contributed by atoms with van der Waals surface area (Å²) in [7, 11) is 0. The molecule has 3 rings (SSSR count). The predicted octanol–water partition coefficient (Wildman–Crippen LogP) is 3.08. The molecule has 2 aromatic rings. The molecule has 1 aromatic carbocycles. The van der Waals surface area contributed by atoms with Crippen LogP contribution >= 0.6 is 11.6 Å². The van der Waals surface area contributed by atoms with Crippen LogP contribution in [0.15, 0.2) is 48.7 Å². The first-order valence-corrected chi connectivity index (χ1v) is 8.16. The Morgan fingerprint density at radius 3 is 2.79 bits per heavy atom. The zero-order chi connectivity index (χ0) is 16.9. The first kappa shape index (κ1) is 16.5. The zero-order valence-electron chi connectivity index (χ0n) is 13.0. The normalized spacial score (nSPS) is 16.9. The van der Waals surface area contributed by atoms with Crippen molar-refractivity contribution in [3.63, 3.8) is 0 Å². The average Bonchev–Trinajstić information content (AvgIpc) is 3.09. The number of halogens is 1. The van der Waals surface area contributed by atoms with E-state index in [0.717, 1.165) is 12.0 Å². The fourth-order valence-electron chi connectivity index (χ4n) is 2.78. The van der Waals surface area contributed by atoms with Gasteiger partial charge in [0.15, 0.2) is 0 Å². The van der Waals surface area contributed by atoms with Gasteiger partial charge in [0.2, 0.25) is 0 Å². The molecule has 1 aliphatic rings. The van der Waals surface area contributed by atoms with Gasteiger partial charge < -0.3 is 9.64 Å². The van der Waals surface area contributed by atoms with Gasteiger partial charge in [0.1, 0.15) is 17.8 Å². The molecule has 24 heavy (non-hydrogen) atoms. The first-order valence-electron chi connectivity index (χ1n) is 7.78. The van der Waals surface area contributed by atoms with Gasteiger partial charge in [0.25, 0.3) is 5.91 Å². The van der Waals surface area contributed by atoms with E-state index in [2.05, 4.69) is 4.98 Å². The van der Waals surface area contributed by atoms with Crippen LogP contribution in [-0.4, -0.2) is 34.3 Å². The maximum Gasteiger partial charge on any atom is 0.329 e. The first-order chi connectivity index (χ1) is 11.6. The van der Waals surface area contributed by atoms with Gasteiger partial charge in [-0.3, -0.25) is 4.79 Å². The molecule has 1 aromatic heterocycles. The molecule has 0 unspecified atom stereocenters. The van der Waals surface area contributed by atoms with E-state index >= 15 is 0 Å². The van der Waals surface area contributed by atoms with Crippen LogP contribution in [0.2, 0.25) is 5.15 Å². The summed E-state index contributed by atoms with van der Waals surface area (Å²) in [6.07, 6.45) is 2.86. The van der Waals surface area contributed by atoms with Gasteiger partial charge >= 0.3 is 5.97 Å². The minimum atomic E-state index is -0.548. The number of aromatic nitrogens is 1. The second kappa shape index (κ2) is 7.45. The Balaban J connectivity index is 1.66. The summed E-state index contributed by atoms with van der Waals surface area (Å²) in [5, 5.41) is 0.253. The standard InChI is InChI=1S/C18H17ClN2O3/c19-16-11-14(8-9-20-16)17(22)21-10-4-7-15(21)18(23)24-12-13-5-2-1-3-6-13/h1-3,5-6,8-9,11,15H,4,7,10,12H2/t15-/m1/s1. The maximum atomic E-state index is 12.6. The second-order valence-electron chi connectivity index (χ2n) is 5.62. The summed E-state index contributed by atoms with van der Waals surface area (Å²) in [5.41, 5.74) is 1.35. The third-order valence-electron chi connectivity index (χ3n) is 3.98. The number of nitrogens with zero attached hydrogens (tertiary/aromatic N) is 2. The SMILES string of the molecule is O=C(OCc1ccccc1)[C@H]1CCCN1C(=O)c1ccnc(Cl)c1. The Morgan fingerprint density at radius 2 is 2.04 bits per heavy atom. The Kier molecular flexibility index (Phi) is 5.11. The molecule has 1 amide bonds. The Hall–Kier alpha value is -2.40. The topological polar surface area (TPSA) is 59.5 Å². The van der Waals surface area contributed by atoms with Gasteiger partial charge in [-0.1, -0.05) is 41.9 Å². The summed E-state index contributed by atoms with van der Waals surface area (Å²) < 4.78 is 5.38. The average molecular weight is 345 g/mol. The van der Waals surface area contributed by atoms with Gasteiger partial charge in [-0.2, -0.15) is 0 Å². The van der Waals surface area contributed by atoms with Crippen molar-refractivity contribution in [3.05, 3.63) is 64.9 Å². The van der Waals surface area contributed by atoms with Crippen LogP contribution < -0.4 is 0 Å². The summed E-state index contributed by atoms with van der Waals surface area (Å²) in [6, 6.07) is 12.0. The van der Waals surface area contributed by atoms with Crippen molar-refractivity contribution in [2.24, 2.45) is 0 Å². The van der Waals surface area contributed by atoms with Crippen molar-refractivity contribution in [2.75, 3.05) is 6.54 Å². The minimum Gasteiger partial charge on any atom is -0.459 e. The van der Waals surface area contributed by atoms with Crippen LogP contribution in [0.1, 0.15) is 28.8 Å². The number of carbonyl (C=O) groups excluding carboxylic acids is 2. The van der Waals surface area contributed by atoms with Crippen LogP contribution in [0.4, 0.5) is 0 Å². The molecular weight excluding hydrogens is 328 g/mol. The van der Waals surface area contributed by atoms with Crippen LogP contribution in [0.3, 0.4) is 0 Å². The van der Waals surface area contributed by atoms with E-state index in [-0.39, 0.29) is 23.6 Å². The summed E-state index contributed by atoms with van der Waals surface area (Å²) in [4.78, 5) is 30.4. The highest BCUT2D eigenvalue weighted by Crippen LogP contribution is 2.22. The third-order valence-corrected chi connectivity index (χ3v) is 4.19. The lowest BCUT2D eigenvalue weighted by atomic mass is 10.2. The van der Waals surface area contributed by atoms with Crippen molar-refractivity contribution >= 4 is 23.5 Å². The number of amides is 1. The van der Waals surface area contributed by atoms with E-state index < -0.39 is 6.04 Å². The molecule has 0 saturated carbocycles. The molecule has 1 fully saturated rings. The molecule has 2 heterocycles. The van der Waals surface area contributed by atoms with E-state index in [0.29, 0.717) is 18.5 Å². The largest absolute Gasteiger partial charge is 0.459 e. The second-order valence-corrected chi connectivity index (χ2v) is 6.00. The van der Waals surface area contributed by atoms with Crippen LogP contribution in [0.5, 0.6) is 0 Å². The Bertz CT molecular complexity index is 736. The van der Waals surface area contributed by atoms with E-state index in [9.17, 15) is 9.59 Å². The molecule has 0 radical (unpaired) electrons. The molecule has 124 valence electrons. The number of ether oxygens (including phenoxy) is 1. The van der Waals surface area contributed by atoms with Crippen LogP contribution in [0.25, 0.3) is 0 Å². The van der Waals surface area contributed by atoms with E-state index in [1.165, 1.54) is 12.3 Å². The molecule has 0 spiro atoms. The molecule has 5 nitrogen and oxygen atoms in total. The minimum absolute atomic E-state index is 0.208. The van der Waals surface area contributed by atoms with Gasteiger partial charge in [0.05, 0.1) is 0 Å². The highest BCUT2D eigenvalue weighted by Gasteiger charge is 2.35. The highest BCUT2D eigenvalue weighted by molar-refractivity contribution is 6.29. The van der Waals surface area contributed by atoms with Gasteiger partial charge in [0, 0.05) is 18.3 Å². The monoisotopic (exact) mass is 344 g/mol. The molecule has 0 bridgehead atoms. The third kappa shape index (κ3) is 3.74. The quantitative estimate of drug-likeness (QED) is 0.631. The number of rotatable bonds is 4. The predicted molar refractivity (Wildman–Crippen MR) is 89.5 cm³/mol. The summed E-state index contributed by atoms with van der Waals surface area (Å²) >= 11 is 5.84. The lowest BCUT2D eigenvalue weighted by Gasteiger charge is -2.23. The molecular formula is C18H17ClN2O3. The number of pyridine rings is 1. The van der Waals surface area contributed by atoms with Gasteiger partial charge in [-0.05, 0) is 30.5 Å². The number of carbonyl (C=O) groups is 2. The molecule has 0 N–H and O–H groups in total. The van der Waals surface area contributed by atoms with Crippen molar-refractivity contribution in [1.82, 2.24) is 9.88 Å². The Labute approximate surface area is 145 Å². The molecule has 6 heteroatoms. The molecule has 0 aliphatic carbocycles. The zero-order valence-corrected chi connectivity index (χ0v) is 13.8. The molecule has 1 atom stereocenters. The maximum absolute atomic E-state index is 12.6. The van der Waals surface area contributed by atoms with Crippen molar-refractivity contribution in [3.8, 4) is 0 Å². The number of hydrogen-bond acceptors (Lipinski definition) is 4. The number of benzene rings is 1. The van der Waals surface area contributed by atoms with Gasteiger partial charge in [-0.15, -0.1) is 0 Å². The van der Waals surface area contributed by atoms with Crippen LogP contribution in [0, 0.1) is 0 Å². The Morgan fingerprint density at radius 1 is 1.25 bits per heavy atom.